The predicted molar refractivity (Wildman–Crippen MR) is 81.6 cm³/mol. The number of H-pyrrole nitrogens is 1. The normalized spacial score (nSPS) is 10.5. The van der Waals surface area contributed by atoms with Gasteiger partial charge >= 0.3 is 6.03 Å². The summed E-state index contributed by atoms with van der Waals surface area (Å²) in [6.45, 7) is 1.81. The minimum Gasteiger partial charge on any atom is -0.508 e. The molecule has 0 bridgehead atoms. The fourth-order valence-corrected chi connectivity index (χ4v) is 2.09. The van der Waals surface area contributed by atoms with Crippen LogP contribution in [0.4, 0.5) is 16.2 Å². The van der Waals surface area contributed by atoms with Gasteiger partial charge in [-0.2, -0.15) is 0 Å². The van der Waals surface area contributed by atoms with Crippen molar-refractivity contribution in [2.45, 2.75) is 6.92 Å². The maximum atomic E-state index is 12.0. The summed E-state index contributed by atoms with van der Waals surface area (Å²) < 4.78 is 0. The van der Waals surface area contributed by atoms with Crippen LogP contribution >= 0.6 is 0 Å². The summed E-state index contributed by atoms with van der Waals surface area (Å²) >= 11 is 0. The van der Waals surface area contributed by atoms with Crippen LogP contribution in [-0.4, -0.2) is 21.1 Å². The van der Waals surface area contributed by atoms with Crippen LogP contribution in [-0.2, 0) is 0 Å². The van der Waals surface area contributed by atoms with E-state index in [-0.39, 0.29) is 11.8 Å². The molecule has 106 valence electrons. The van der Waals surface area contributed by atoms with Crippen LogP contribution in [0.2, 0.25) is 0 Å². The number of benzene rings is 2. The quantitative estimate of drug-likeness (QED) is 0.544. The monoisotopic (exact) mass is 282 g/mol. The van der Waals surface area contributed by atoms with Crippen LogP contribution in [0.1, 0.15) is 5.56 Å². The molecule has 3 rings (SSSR count). The largest absolute Gasteiger partial charge is 0.508 e. The van der Waals surface area contributed by atoms with Crippen molar-refractivity contribution in [1.29, 1.82) is 0 Å². The second kappa shape index (κ2) is 5.16. The average Bonchev–Trinajstić information content (AvgIpc) is 2.89. The Morgan fingerprint density at radius 1 is 1.19 bits per heavy atom. The Morgan fingerprint density at radius 3 is 2.86 bits per heavy atom. The zero-order chi connectivity index (χ0) is 14.8. The smallest absolute Gasteiger partial charge is 0.323 e. The van der Waals surface area contributed by atoms with Crippen molar-refractivity contribution in [2.24, 2.45) is 0 Å². The summed E-state index contributed by atoms with van der Waals surface area (Å²) in [5.74, 6) is 0.170. The van der Waals surface area contributed by atoms with E-state index in [4.69, 9.17) is 0 Å². The first-order valence-corrected chi connectivity index (χ1v) is 6.42. The van der Waals surface area contributed by atoms with Gasteiger partial charge in [-0.15, -0.1) is 0 Å². The number of nitrogens with one attached hydrogen (secondary N) is 3. The van der Waals surface area contributed by atoms with Crippen molar-refractivity contribution in [3.8, 4) is 5.75 Å². The van der Waals surface area contributed by atoms with Gasteiger partial charge < -0.3 is 20.7 Å². The summed E-state index contributed by atoms with van der Waals surface area (Å²) in [5, 5.41) is 14.8. The van der Waals surface area contributed by atoms with Crippen LogP contribution in [0, 0.1) is 6.92 Å². The standard InChI is InChI=1S/C15H14N4O2/c1-9-6-11(20)3-5-12(9)19-15(21)18-10-2-4-13-14(7-10)17-8-16-13/h2-8,20H,1H3,(H,16,17)(H2,18,19,21). The number of rotatable bonds is 2. The molecule has 1 aromatic heterocycles. The lowest BCUT2D eigenvalue weighted by Crippen LogP contribution is -2.19. The zero-order valence-corrected chi connectivity index (χ0v) is 11.3. The number of hydrogen-bond donors (Lipinski definition) is 4. The number of aryl methyl sites for hydroxylation is 1. The van der Waals surface area contributed by atoms with Crippen molar-refractivity contribution in [3.63, 3.8) is 0 Å². The number of imidazole rings is 1. The number of fused-ring (bicyclic) bond motifs is 1. The molecule has 0 saturated carbocycles. The van der Waals surface area contributed by atoms with E-state index in [0.29, 0.717) is 11.4 Å². The number of urea groups is 1. The molecule has 0 fully saturated rings. The number of carbonyl (C=O) groups is 1. The lowest BCUT2D eigenvalue weighted by molar-refractivity contribution is 0.262. The number of aromatic amines is 1. The summed E-state index contributed by atoms with van der Waals surface area (Å²) in [4.78, 5) is 19.1. The van der Waals surface area contributed by atoms with E-state index in [1.165, 1.54) is 6.07 Å². The van der Waals surface area contributed by atoms with Crippen LogP contribution in [0.5, 0.6) is 5.75 Å². The van der Waals surface area contributed by atoms with Gasteiger partial charge in [-0.1, -0.05) is 0 Å². The number of phenolic OH excluding ortho intramolecular Hbond substituents is 1. The van der Waals surface area contributed by atoms with Crippen LogP contribution in [0.25, 0.3) is 11.0 Å². The summed E-state index contributed by atoms with van der Waals surface area (Å²) in [7, 11) is 0. The fourth-order valence-electron chi connectivity index (χ4n) is 2.09. The Bertz CT molecular complexity index is 810. The first-order valence-electron chi connectivity index (χ1n) is 6.42. The molecule has 3 aromatic rings. The van der Waals surface area contributed by atoms with Gasteiger partial charge in [-0.05, 0) is 48.9 Å². The number of phenols is 1. The van der Waals surface area contributed by atoms with Gasteiger partial charge in [0.25, 0.3) is 0 Å². The Balaban J connectivity index is 1.73. The molecule has 0 saturated heterocycles. The Kier molecular flexibility index (Phi) is 3.19. The van der Waals surface area contributed by atoms with Crippen molar-refractivity contribution < 1.29 is 9.90 Å². The number of anilines is 2. The number of amides is 2. The molecule has 2 aromatic carbocycles. The first-order chi connectivity index (χ1) is 10.1. The molecule has 1 heterocycles. The lowest BCUT2D eigenvalue weighted by atomic mass is 10.2. The van der Waals surface area contributed by atoms with E-state index in [0.717, 1.165) is 16.6 Å². The molecule has 2 amide bonds. The molecule has 0 radical (unpaired) electrons. The molecule has 6 nitrogen and oxygen atoms in total. The van der Waals surface area contributed by atoms with Gasteiger partial charge in [-0.3, -0.25) is 0 Å². The lowest BCUT2D eigenvalue weighted by Gasteiger charge is -2.10. The molecule has 0 spiro atoms. The predicted octanol–water partition coefficient (Wildman–Crippen LogP) is 3.22. The number of aromatic hydroxyl groups is 1. The Hall–Kier alpha value is -3.02. The van der Waals surface area contributed by atoms with Gasteiger partial charge in [0.15, 0.2) is 0 Å². The van der Waals surface area contributed by atoms with Gasteiger partial charge in [-0.25, -0.2) is 9.78 Å². The minimum atomic E-state index is -0.345. The third-order valence-electron chi connectivity index (χ3n) is 3.14. The highest BCUT2D eigenvalue weighted by molar-refractivity contribution is 6.01. The van der Waals surface area contributed by atoms with Gasteiger partial charge in [0.2, 0.25) is 0 Å². The highest BCUT2D eigenvalue weighted by Gasteiger charge is 2.06. The SMILES string of the molecule is Cc1cc(O)ccc1NC(=O)Nc1ccc2nc[nH]c2c1. The average molecular weight is 282 g/mol. The van der Waals surface area contributed by atoms with Crippen molar-refractivity contribution in [1.82, 2.24) is 9.97 Å². The van der Waals surface area contributed by atoms with Crippen molar-refractivity contribution >= 4 is 28.4 Å². The fraction of sp³-hybridized carbons (Fsp3) is 0.0667. The van der Waals surface area contributed by atoms with Crippen LogP contribution in [0.3, 0.4) is 0 Å². The molecule has 0 aliphatic heterocycles. The van der Waals surface area contributed by atoms with Crippen LogP contribution in [0.15, 0.2) is 42.7 Å². The summed E-state index contributed by atoms with van der Waals surface area (Å²) in [5.41, 5.74) is 3.80. The van der Waals surface area contributed by atoms with Gasteiger partial charge in [0, 0.05) is 11.4 Å². The molecular formula is C15H14N4O2. The second-order valence-corrected chi connectivity index (χ2v) is 4.71. The van der Waals surface area contributed by atoms with E-state index in [1.54, 1.807) is 24.5 Å². The topological polar surface area (TPSA) is 90.0 Å². The maximum absolute atomic E-state index is 12.0. The Morgan fingerprint density at radius 2 is 2.05 bits per heavy atom. The van der Waals surface area contributed by atoms with Crippen LogP contribution < -0.4 is 10.6 Å². The highest BCUT2D eigenvalue weighted by atomic mass is 16.3. The zero-order valence-electron chi connectivity index (χ0n) is 11.3. The molecule has 21 heavy (non-hydrogen) atoms. The van der Waals surface area contributed by atoms with E-state index < -0.39 is 0 Å². The van der Waals surface area contributed by atoms with Crippen molar-refractivity contribution in [2.75, 3.05) is 10.6 Å². The number of nitrogens with zero attached hydrogens (tertiary/aromatic N) is 1. The number of carbonyl (C=O) groups excluding carboxylic acids is 1. The second-order valence-electron chi connectivity index (χ2n) is 4.71. The Labute approximate surface area is 120 Å². The van der Waals surface area contributed by atoms with E-state index in [1.807, 2.05) is 19.1 Å². The maximum Gasteiger partial charge on any atom is 0.323 e. The van der Waals surface area contributed by atoms with Crippen molar-refractivity contribution in [3.05, 3.63) is 48.3 Å². The van der Waals surface area contributed by atoms with Gasteiger partial charge in [0.1, 0.15) is 5.75 Å². The third kappa shape index (κ3) is 2.79. The first kappa shape index (κ1) is 13.0. The summed E-state index contributed by atoms with van der Waals surface area (Å²) in [6.07, 6.45) is 1.61. The molecular weight excluding hydrogens is 268 g/mol. The molecule has 0 unspecified atom stereocenters. The van der Waals surface area contributed by atoms with Gasteiger partial charge in [0.05, 0.1) is 17.4 Å². The number of aromatic nitrogens is 2. The number of hydrogen-bond acceptors (Lipinski definition) is 3. The van der Waals surface area contributed by atoms with E-state index in [2.05, 4.69) is 20.6 Å². The van der Waals surface area contributed by atoms with E-state index in [9.17, 15) is 9.90 Å². The minimum absolute atomic E-state index is 0.170. The molecule has 4 N–H and O–H groups in total. The third-order valence-corrected chi connectivity index (χ3v) is 3.14. The molecule has 0 atom stereocenters. The molecule has 6 heteroatoms. The molecule has 0 aliphatic carbocycles. The molecule has 0 aliphatic rings. The van der Waals surface area contributed by atoms with E-state index >= 15 is 0 Å². The summed E-state index contributed by atoms with van der Waals surface area (Å²) in [6, 6.07) is 9.85. The highest BCUT2D eigenvalue weighted by Crippen LogP contribution is 2.21.